The maximum atomic E-state index is 14.5. The Kier molecular flexibility index (Phi) is 9.39. The molecule has 2 aliphatic carbocycles. The van der Waals surface area contributed by atoms with Crippen LogP contribution < -0.4 is 19.4 Å². The Morgan fingerprint density at radius 2 is 1.38 bits per heavy atom. The molecule has 17 heteroatoms. The van der Waals surface area contributed by atoms with E-state index >= 15 is 0 Å². The van der Waals surface area contributed by atoms with E-state index in [0.29, 0.717) is 16.3 Å². The number of carbonyl (C=O) groups is 4. The number of ether oxygens (including phenoxy) is 1. The number of halogens is 6. The molecule has 4 aromatic carbocycles. The molecule has 1 saturated carbocycles. The number of nitrogens with zero attached hydrogens (tertiary/aromatic N) is 5. The number of anilines is 3. The second-order valence-electron chi connectivity index (χ2n) is 14.7. The largest absolute Gasteiger partial charge is 0.573 e. The van der Waals surface area contributed by atoms with Gasteiger partial charge in [0, 0.05) is 31.3 Å². The van der Waals surface area contributed by atoms with Crippen LogP contribution in [0, 0.1) is 23.6 Å². The minimum atomic E-state index is -5.15. The summed E-state index contributed by atoms with van der Waals surface area (Å²) in [5.41, 5.74) is 2.02. The van der Waals surface area contributed by atoms with Gasteiger partial charge >= 0.3 is 6.36 Å². The van der Waals surface area contributed by atoms with Gasteiger partial charge < -0.3 is 14.7 Å². The lowest BCUT2D eigenvalue weighted by Crippen LogP contribution is -2.60. The Labute approximate surface area is 338 Å². The Morgan fingerprint density at radius 3 is 1.98 bits per heavy atom. The van der Waals surface area contributed by atoms with Gasteiger partial charge in [0.25, 0.3) is 11.8 Å². The number of benzene rings is 4. The number of carbonyl (C=O) groups excluding carboxylic acids is 4. The summed E-state index contributed by atoms with van der Waals surface area (Å²) in [4.78, 5) is 56.3. The average molecular weight is 837 g/mol. The summed E-state index contributed by atoms with van der Waals surface area (Å²) in [5, 5.41) is 19.7. The first-order valence-corrected chi connectivity index (χ1v) is 18.7. The van der Waals surface area contributed by atoms with Crippen molar-refractivity contribution in [2.75, 3.05) is 28.8 Å². The van der Waals surface area contributed by atoms with Gasteiger partial charge in [0.05, 0.1) is 34.6 Å². The molecule has 0 spiro atoms. The number of imide groups is 2. The first kappa shape index (κ1) is 39.0. The molecule has 4 aromatic rings. The average Bonchev–Trinajstić information content (AvgIpc) is 3.52. The summed E-state index contributed by atoms with van der Waals surface area (Å²) in [7, 11) is 3.83. The lowest BCUT2D eigenvalue weighted by molar-refractivity contribution is -0.274. The second kappa shape index (κ2) is 13.9. The van der Waals surface area contributed by atoms with Gasteiger partial charge in [-0.3, -0.25) is 24.1 Å². The number of allylic oxidation sites excluding steroid dienone is 2. The topological polar surface area (TPSA) is 132 Å². The first-order valence-electron chi connectivity index (χ1n) is 17.9. The summed E-state index contributed by atoms with van der Waals surface area (Å²) >= 11 is 14.6. The molecule has 0 radical (unpaired) electrons. The molecule has 1 N–H and O–H groups in total. The van der Waals surface area contributed by atoms with E-state index in [2.05, 4.69) is 15.0 Å². The number of fused-ring (bicyclic) bond motifs is 4. The summed E-state index contributed by atoms with van der Waals surface area (Å²) < 4.78 is 58.4. The zero-order chi connectivity index (χ0) is 41.5. The van der Waals surface area contributed by atoms with E-state index in [9.17, 15) is 41.8 Å². The molecule has 0 unspecified atom stereocenters. The van der Waals surface area contributed by atoms with E-state index in [-0.39, 0.29) is 28.9 Å². The highest BCUT2D eigenvalue weighted by Gasteiger charge is 2.77. The molecule has 2 heterocycles. The van der Waals surface area contributed by atoms with E-state index in [0.717, 1.165) is 53.1 Å². The SMILES string of the molecule is CN(C)c1ccc(N=Nc2ccc(N3C(=O)[C@H]4[C@H](CC=C5[C@H]4C[C@@]4(Cl)C(=O)N(c6ccc(F)cc6)C(=O)[C@@]4(Cl)[C@H]5c4cc(OC(F)(F)F)ccc4O)C3=O)cc2)cc1. The molecule has 0 bridgehead atoms. The van der Waals surface area contributed by atoms with Crippen LogP contribution in [0.1, 0.15) is 24.3 Å². The van der Waals surface area contributed by atoms with Crippen molar-refractivity contribution >= 4 is 75.3 Å². The van der Waals surface area contributed by atoms with Crippen LogP contribution in [0.2, 0.25) is 0 Å². The van der Waals surface area contributed by atoms with Crippen molar-refractivity contribution in [3.05, 3.63) is 114 Å². The van der Waals surface area contributed by atoms with Crippen molar-refractivity contribution in [3.63, 3.8) is 0 Å². The Morgan fingerprint density at radius 1 is 0.793 bits per heavy atom. The van der Waals surface area contributed by atoms with Crippen molar-refractivity contribution in [1.29, 1.82) is 0 Å². The smallest absolute Gasteiger partial charge is 0.508 e. The molecule has 0 aromatic heterocycles. The zero-order valence-electron chi connectivity index (χ0n) is 30.5. The van der Waals surface area contributed by atoms with Crippen LogP contribution in [-0.2, 0) is 19.2 Å². The minimum Gasteiger partial charge on any atom is -0.508 e. The number of phenolic OH excluding ortho intramolecular Hbond substituents is 1. The highest BCUT2D eigenvalue weighted by atomic mass is 35.5. The third-order valence-electron chi connectivity index (χ3n) is 11.2. The number of alkyl halides is 5. The summed E-state index contributed by atoms with van der Waals surface area (Å²) in [6, 6.07) is 20.5. The van der Waals surface area contributed by atoms with Crippen LogP contribution in [0.5, 0.6) is 11.5 Å². The van der Waals surface area contributed by atoms with Gasteiger partial charge in [0.1, 0.15) is 17.3 Å². The fraction of sp³-hybridized carbons (Fsp3) is 0.268. The predicted molar refractivity (Wildman–Crippen MR) is 205 cm³/mol. The molecule has 3 fully saturated rings. The molecule has 4 amide bonds. The summed E-state index contributed by atoms with van der Waals surface area (Å²) in [6.45, 7) is 0. The van der Waals surface area contributed by atoms with Crippen molar-refractivity contribution in [3.8, 4) is 11.5 Å². The predicted octanol–water partition coefficient (Wildman–Crippen LogP) is 8.68. The zero-order valence-corrected chi connectivity index (χ0v) is 32.0. The second-order valence-corrected chi connectivity index (χ2v) is 15.9. The molecule has 298 valence electrons. The first-order chi connectivity index (χ1) is 27.4. The fourth-order valence-electron chi connectivity index (χ4n) is 8.56. The molecule has 8 rings (SSSR count). The number of hydrogen-bond donors (Lipinski definition) is 1. The van der Waals surface area contributed by atoms with Crippen molar-refractivity contribution in [2.45, 2.75) is 34.9 Å². The molecule has 11 nitrogen and oxygen atoms in total. The van der Waals surface area contributed by atoms with E-state index in [4.69, 9.17) is 23.2 Å². The van der Waals surface area contributed by atoms with Gasteiger partial charge in [-0.05, 0) is 110 Å². The Bertz CT molecular complexity index is 2430. The van der Waals surface area contributed by atoms with Gasteiger partial charge in [-0.25, -0.2) is 9.29 Å². The Hall–Kier alpha value is -5.80. The number of amides is 4. The van der Waals surface area contributed by atoms with Crippen LogP contribution in [0.25, 0.3) is 0 Å². The highest BCUT2D eigenvalue weighted by molar-refractivity contribution is 6.58. The van der Waals surface area contributed by atoms with E-state index in [1.54, 1.807) is 30.3 Å². The number of phenols is 1. The van der Waals surface area contributed by atoms with Crippen LogP contribution in [-0.4, -0.2) is 58.9 Å². The van der Waals surface area contributed by atoms with Crippen molar-refractivity contribution in [1.82, 2.24) is 0 Å². The summed E-state index contributed by atoms with van der Waals surface area (Å²) in [6.07, 6.45) is -4.09. The van der Waals surface area contributed by atoms with Crippen LogP contribution in [0.3, 0.4) is 0 Å². The molecule has 4 aliphatic rings. The van der Waals surface area contributed by atoms with Gasteiger partial charge in [-0.1, -0.05) is 11.6 Å². The monoisotopic (exact) mass is 835 g/mol. The van der Waals surface area contributed by atoms with Crippen molar-refractivity contribution < 1.29 is 46.6 Å². The maximum Gasteiger partial charge on any atom is 0.573 e. The number of hydrogen-bond acceptors (Lipinski definition) is 9. The van der Waals surface area contributed by atoms with Gasteiger partial charge in [-0.2, -0.15) is 10.2 Å². The number of aromatic hydroxyl groups is 1. The maximum absolute atomic E-state index is 14.5. The molecular formula is C41H31Cl2F4N5O6. The lowest BCUT2D eigenvalue weighted by atomic mass is 9.56. The van der Waals surface area contributed by atoms with Crippen LogP contribution in [0.4, 0.5) is 46.0 Å². The standard InChI is InChI=1S/C41H31Cl2F4N5O6/c1-50(2)24-11-5-22(6-12-24)48-49-23-7-13-25(14-8-23)51-35(54)29-17-16-28-31(33(29)36(51)55)20-39(42)37(56)52(26-9-3-21(44)4-10-26)38(57)40(39,43)34(28)30-19-27(15-18-32(30)53)58-41(45,46)47/h3-16,18-19,29,31,33-34,53H,17,20H2,1-2H3/t29-,31+,33-,34+,39+,40-/m0/s1. The number of azo groups is 1. The lowest BCUT2D eigenvalue weighted by Gasteiger charge is -2.50. The van der Waals surface area contributed by atoms with Crippen LogP contribution in [0.15, 0.2) is 113 Å². The van der Waals surface area contributed by atoms with Crippen molar-refractivity contribution in [2.24, 2.45) is 28.0 Å². The normalized spacial score (nSPS) is 26.8. The molecule has 58 heavy (non-hydrogen) atoms. The van der Waals surface area contributed by atoms with E-state index in [1.807, 2.05) is 31.1 Å². The minimum absolute atomic E-state index is 0.0570. The van der Waals surface area contributed by atoms with E-state index in [1.165, 1.54) is 12.1 Å². The van der Waals surface area contributed by atoms with Gasteiger partial charge in [0.2, 0.25) is 11.8 Å². The molecule has 6 atom stereocenters. The quantitative estimate of drug-likeness (QED) is 0.0648. The van der Waals surface area contributed by atoms with Crippen LogP contribution >= 0.6 is 23.2 Å². The third kappa shape index (κ3) is 6.18. The molecular weight excluding hydrogens is 805 g/mol. The van der Waals surface area contributed by atoms with Gasteiger partial charge in [0.15, 0.2) is 9.75 Å². The molecule has 2 saturated heterocycles. The Balaban J connectivity index is 1.17. The van der Waals surface area contributed by atoms with E-state index < -0.39 is 87.1 Å². The number of rotatable bonds is 7. The van der Waals surface area contributed by atoms with Gasteiger partial charge in [-0.15, -0.1) is 36.4 Å². The fourth-order valence-corrected chi connectivity index (χ4v) is 9.49. The summed E-state index contributed by atoms with van der Waals surface area (Å²) in [5.74, 6) is -10.2. The molecule has 2 aliphatic heterocycles. The highest BCUT2D eigenvalue weighted by Crippen LogP contribution is 2.66. The third-order valence-corrected chi connectivity index (χ3v) is 12.6.